The third kappa shape index (κ3) is 3.90. The van der Waals surface area contributed by atoms with Gasteiger partial charge in [-0.1, -0.05) is 18.5 Å². The fraction of sp³-hybridized carbons (Fsp3) is 0.364. The van der Waals surface area contributed by atoms with E-state index in [0.29, 0.717) is 22.1 Å². The first-order valence-electron chi connectivity index (χ1n) is 4.84. The molecule has 17 heavy (non-hydrogen) atoms. The summed E-state index contributed by atoms with van der Waals surface area (Å²) in [6.07, 6.45) is 0.803. The summed E-state index contributed by atoms with van der Waals surface area (Å²) in [5.74, 6) is 0.902. The Balaban J connectivity index is 0.00000256. The van der Waals surface area contributed by atoms with Gasteiger partial charge in [0, 0.05) is 18.9 Å². The number of benzene rings is 1. The Morgan fingerprint density at radius 1 is 1.35 bits per heavy atom. The van der Waals surface area contributed by atoms with Crippen molar-refractivity contribution in [2.75, 3.05) is 20.4 Å². The van der Waals surface area contributed by atoms with Crippen LogP contribution in [0.1, 0.15) is 17.3 Å². The van der Waals surface area contributed by atoms with E-state index in [2.05, 4.69) is 0 Å². The normalized spacial score (nSPS) is 10.1. The Labute approximate surface area is 120 Å². The van der Waals surface area contributed by atoms with Crippen molar-refractivity contribution in [3.8, 4) is 11.5 Å². The van der Waals surface area contributed by atoms with Crippen LogP contribution in [0.5, 0.6) is 11.5 Å². The van der Waals surface area contributed by atoms with E-state index < -0.39 is 0 Å². The molecule has 0 N–H and O–H groups in total. The van der Waals surface area contributed by atoms with Crippen molar-refractivity contribution in [2.24, 2.45) is 0 Å². The molecule has 1 aromatic carbocycles. The number of methoxy groups -OCH3 is 2. The quantitative estimate of drug-likeness (QED) is 0.608. The minimum absolute atomic E-state index is 0. The molecule has 0 saturated heterocycles. The molecule has 0 aliphatic rings. The van der Waals surface area contributed by atoms with Crippen LogP contribution in [0, 0.1) is 0 Å². The fourth-order valence-corrected chi connectivity index (χ4v) is 2.34. The molecule has 1 unspecified atom stereocenters. The predicted octanol–water partition coefficient (Wildman–Crippen LogP) is 2.82. The molecule has 0 heterocycles. The van der Waals surface area contributed by atoms with Crippen LogP contribution in [0.25, 0.3) is 0 Å². The Kier molecular flexibility index (Phi) is 7.91. The fourth-order valence-electron chi connectivity index (χ4n) is 1.37. The van der Waals surface area contributed by atoms with Crippen LogP contribution in [0.2, 0.25) is 5.02 Å². The largest absolute Gasteiger partial charge is 0.496 e. The SMILES string of the molecule is CCPC(=O)c1c(OC)ccc(Cl)c1OC.[Li]. The zero-order valence-corrected chi connectivity index (χ0v) is 12.2. The number of halogens is 1. The standard InChI is InChI=1S/C11H14ClO3P.Li/c1-4-16-11(13)9-8(14-2)6-5-7(12)10(9)15-3;/h5-6,16H,4H2,1-3H3;. The smallest absolute Gasteiger partial charge is 0.188 e. The van der Waals surface area contributed by atoms with Crippen molar-refractivity contribution in [1.82, 2.24) is 0 Å². The Bertz CT molecular complexity index is 399. The second-order valence-corrected chi connectivity index (χ2v) is 4.94. The summed E-state index contributed by atoms with van der Waals surface area (Å²) in [6, 6.07) is 3.34. The second-order valence-electron chi connectivity index (χ2n) is 3.02. The van der Waals surface area contributed by atoms with Crippen LogP contribution in [-0.2, 0) is 0 Å². The summed E-state index contributed by atoms with van der Waals surface area (Å²) in [5, 5.41) is 0.424. The summed E-state index contributed by atoms with van der Waals surface area (Å²) in [7, 11) is 3.22. The number of carbonyl (C=O) groups is 1. The van der Waals surface area contributed by atoms with Crippen LogP contribution in [-0.4, -0.2) is 44.8 Å². The van der Waals surface area contributed by atoms with Gasteiger partial charge in [0.2, 0.25) is 0 Å². The van der Waals surface area contributed by atoms with Crippen molar-refractivity contribution in [3.05, 3.63) is 22.7 Å². The Hall–Kier alpha value is -0.193. The van der Waals surface area contributed by atoms with E-state index in [1.165, 1.54) is 14.2 Å². The number of ether oxygens (including phenoxy) is 2. The molecule has 0 aliphatic carbocycles. The zero-order chi connectivity index (χ0) is 12.1. The first-order valence-corrected chi connectivity index (χ1v) is 6.42. The second kappa shape index (κ2) is 8.01. The Morgan fingerprint density at radius 3 is 2.47 bits per heavy atom. The average Bonchev–Trinajstić information content (AvgIpc) is 2.28. The molecule has 3 nitrogen and oxygen atoms in total. The predicted molar refractivity (Wildman–Crippen MR) is 73.5 cm³/mol. The van der Waals surface area contributed by atoms with Crippen molar-refractivity contribution in [1.29, 1.82) is 0 Å². The molecule has 0 spiro atoms. The van der Waals surface area contributed by atoms with Crippen LogP contribution >= 0.6 is 20.2 Å². The maximum absolute atomic E-state index is 12.0. The van der Waals surface area contributed by atoms with E-state index in [9.17, 15) is 4.79 Å². The number of carbonyl (C=O) groups excluding carboxylic acids is 1. The maximum Gasteiger partial charge on any atom is 0.188 e. The third-order valence-electron chi connectivity index (χ3n) is 2.06. The molecular weight excluding hydrogens is 253 g/mol. The molecule has 1 aromatic rings. The van der Waals surface area contributed by atoms with Gasteiger partial charge in [-0.25, -0.2) is 0 Å². The van der Waals surface area contributed by atoms with E-state index in [1.807, 2.05) is 6.92 Å². The van der Waals surface area contributed by atoms with Gasteiger partial charge in [-0.15, -0.1) is 0 Å². The molecule has 6 heteroatoms. The number of hydrogen-bond acceptors (Lipinski definition) is 3. The minimum Gasteiger partial charge on any atom is -0.496 e. The molecule has 0 fully saturated rings. The van der Waals surface area contributed by atoms with Crippen LogP contribution in [0.15, 0.2) is 12.1 Å². The van der Waals surface area contributed by atoms with E-state index in [1.54, 1.807) is 12.1 Å². The molecule has 0 saturated carbocycles. The zero-order valence-electron chi connectivity index (χ0n) is 10.5. The van der Waals surface area contributed by atoms with E-state index >= 15 is 0 Å². The Morgan fingerprint density at radius 2 is 2.00 bits per heavy atom. The number of hydrogen-bond donors (Lipinski definition) is 0. The van der Waals surface area contributed by atoms with E-state index in [0.717, 1.165) is 6.16 Å². The molecule has 89 valence electrons. The minimum atomic E-state index is 0. The van der Waals surface area contributed by atoms with Crippen molar-refractivity contribution in [3.63, 3.8) is 0 Å². The van der Waals surface area contributed by atoms with Gasteiger partial charge in [0.1, 0.15) is 11.3 Å². The van der Waals surface area contributed by atoms with Crippen LogP contribution in [0.4, 0.5) is 0 Å². The van der Waals surface area contributed by atoms with Crippen molar-refractivity contribution >= 4 is 44.6 Å². The first-order chi connectivity index (χ1) is 7.65. The molecule has 1 radical (unpaired) electrons. The first kappa shape index (κ1) is 16.8. The third-order valence-corrected chi connectivity index (χ3v) is 3.28. The maximum atomic E-state index is 12.0. The van der Waals surface area contributed by atoms with E-state index in [4.69, 9.17) is 21.1 Å². The summed E-state index contributed by atoms with van der Waals surface area (Å²) < 4.78 is 10.3. The molecule has 0 amide bonds. The van der Waals surface area contributed by atoms with Crippen molar-refractivity contribution in [2.45, 2.75) is 6.92 Å². The summed E-state index contributed by atoms with van der Waals surface area (Å²) >= 11 is 5.97. The summed E-state index contributed by atoms with van der Waals surface area (Å²) in [6.45, 7) is 1.96. The monoisotopic (exact) mass is 267 g/mol. The molecule has 0 aromatic heterocycles. The van der Waals surface area contributed by atoms with E-state index in [-0.39, 0.29) is 33.0 Å². The van der Waals surface area contributed by atoms with Gasteiger partial charge in [-0.05, 0) is 26.9 Å². The molecule has 0 bridgehead atoms. The molecule has 1 atom stereocenters. The molecule has 1 rings (SSSR count). The van der Waals surface area contributed by atoms with Gasteiger partial charge in [0.05, 0.1) is 19.2 Å². The van der Waals surface area contributed by atoms with Gasteiger partial charge < -0.3 is 9.47 Å². The molecular formula is C11H14ClLiO3P. The molecule has 0 aliphatic heterocycles. The number of rotatable bonds is 5. The van der Waals surface area contributed by atoms with Crippen molar-refractivity contribution < 1.29 is 14.3 Å². The van der Waals surface area contributed by atoms with Crippen LogP contribution in [0.3, 0.4) is 0 Å². The van der Waals surface area contributed by atoms with Gasteiger partial charge in [-0.3, -0.25) is 4.79 Å². The average molecular weight is 268 g/mol. The van der Waals surface area contributed by atoms with Gasteiger partial charge in [-0.2, -0.15) is 0 Å². The van der Waals surface area contributed by atoms with Gasteiger partial charge >= 0.3 is 0 Å². The topological polar surface area (TPSA) is 35.5 Å². The van der Waals surface area contributed by atoms with Gasteiger partial charge in [0.15, 0.2) is 11.3 Å². The van der Waals surface area contributed by atoms with Gasteiger partial charge in [0.25, 0.3) is 0 Å². The summed E-state index contributed by atoms with van der Waals surface area (Å²) in [4.78, 5) is 12.0. The summed E-state index contributed by atoms with van der Waals surface area (Å²) in [5.41, 5.74) is 0.455. The van der Waals surface area contributed by atoms with Crippen LogP contribution < -0.4 is 9.47 Å².